The van der Waals surface area contributed by atoms with Crippen molar-refractivity contribution in [3.63, 3.8) is 0 Å². The summed E-state index contributed by atoms with van der Waals surface area (Å²) in [6, 6.07) is 1.24. The van der Waals surface area contributed by atoms with E-state index in [9.17, 15) is 9.59 Å². The number of nitrogens with zero attached hydrogens (tertiary/aromatic N) is 3. The third-order valence-corrected chi connectivity index (χ3v) is 8.26. The van der Waals surface area contributed by atoms with Gasteiger partial charge in [0.05, 0.1) is 31.8 Å². The number of hydrogen-bond acceptors (Lipinski definition) is 6. The summed E-state index contributed by atoms with van der Waals surface area (Å²) in [6.07, 6.45) is 2.38. The van der Waals surface area contributed by atoms with Crippen molar-refractivity contribution in [1.29, 1.82) is 0 Å². The number of halogens is 3. The van der Waals surface area contributed by atoms with Gasteiger partial charge in [0.15, 0.2) is 0 Å². The standard InChI is InChI=1S/C28H34BrClFN5O4/c1-26(2,3)39-24(37)33-17-11-28(17)8-9-36(13-28)22-14(29)12-32-23-19(22)18-20(30)15(31)10-16(21(18)34-23)35(7)25(38)40-27(4,5)6/h10,12,17H,8-9,11,13H2,1-7H3,(H,32,34)(H,33,37)/t17-,28+/m1/s1. The second-order valence-electron chi connectivity index (χ2n) is 12.7. The molecule has 2 aliphatic rings. The molecule has 12 heteroatoms. The largest absolute Gasteiger partial charge is 0.444 e. The van der Waals surface area contributed by atoms with Gasteiger partial charge in [-0.3, -0.25) is 4.90 Å². The van der Waals surface area contributed by atoms with Crippen LogP contribution in [0.4, 0.5) is 25.4 Å². The first-order chi connectivity index (χ1) is 18.5. The van der Waals surface area contributed by atoms with E-state index in [1.165, 1.54) is 18.0 Å². The maximum Gasteiger partial charge on any atom is 0.414 e. The quantitative estimate of drug-likeness (QED) is 0.317. The predicted octanol–water partition coefficient (Wildman–Crippen LogP) is 7.14. The number of alkyl carbamates (subject to hydrolysis) is 1. The van der Waals surface area contributed by atoms with Crippen LogP contribution in [0, 0.1) is 11.2 Å². The van der Waals surface area contributed by atoms with E-state index in [0.717, 1.165) is 29.5 Å². The number of ether oxygens (including phenoxy) is 2. The Morgan fingerprint density at radius 1 is 1.23 bits per heavy atom. The lowest BCUT2D eigenvalue weighted by Gasteiger charge is -2.25. The second-order valence-corrected chi connectivity index (χ2v) is 14.0. The molecule has 216 valence electrons. The molecule has 2 fully saturated rings. The molecule has 1 saturated heterocycles. The normalized spacial score (nSPS) is 20.9. The Labute approximate surface area is 245 Å². The molecule has 2 aromatic heterocycles. The number of H-pyrrole nitrogens is 1. The van der Waals surface area contributed by atoms with Gasteiger partial charge in [-0.05, 0) is 70.3 Å². The number of fused-ring (bicyclic) bond motifs is 3. The molecular weight excluding hydrogens is 605 g/mol. The molecule has 3 heterocycles. The van der Waals surface area contributed by atoms with Gasteiger partial charge in [-0.1, -0.05) is 11.6 Å². The first-order valence-electron chi connectivity index (χ1n) is 13.2. The molecule has 1 aliphatic heterocycles. The summed E-state index contributed by atoms with van der Waals surface area (Å²) in [5, 5.41) is 4.05. The van der Waals surface area contributed by atoms with Crippen molar-refractivity contribution >= 4 is 73.0 Å². The summed E-state index contributed by atoms with van der Waals surface area (Å²) < 4.78 is 27.0. The van der Waals surface area contributed by atoms with Gasteiger partial charge in [0.25, 0.3) is 0 Å². The molecule has 3 aromatic rings. The summed E-state index contributed by atoms with van der Waals surface area (Å²) in [5.74, 6) is -0.659. The van der Waals surface area contributed by atoms with Crippen molar-refractivity contribution in [3.8, 4) is 0 Å². The van der Waals surface area contributed by atoms with Crippen molar-refractivity contribution in [1.82, 2.24) is 15.3 Å². The van der Waals surface area contributed by atoms with Crippen molar-refractivity contribution < 1.29 is 23.5 Å². The fraction of sp³-hybridized carbons (Fsp3) is 0.536. The third kappa shape index (κ3) is 5.30. The summed E-state index contributed by atoms with van der Waals surface area (Å²) in [4.78, 5) is 36.5. The molecule has 1 aromatic carbocycles. The number of anilines is 2. The Hall–Kier alpha value is -2.79. The summed E-state index contributed by atoms with van der Waals surface area (Å²) >= 11 is 10.3. The lowest BCUT2D eigenvalue weighted by atomic mass is 10.1. The van der Waals surface area contributed by atoms with Crippen molar-refractivity contribution in [2.75, 3.05) is 29.9 Å². The van der Waals surface area contributed by atoms with Crippen LogP contribution < -0.4 is 15.1 Å². The summed E-state index contributed by atoms with van der Waals surface area (Å²) in [5.41, 5.74) is 0.741. The molecule has 40 heavy (non-hydrogen) atoms. The van der Waals surface area contributed by atoms with Crippen molar-refractivity contribution in [3.05, 3.63) is 27.6 Å². The topological polar surface area (TPSA) is 99.8 Å². The van der Waals surface area contributed by atoms with E-state index in [1.807, 2.05) is 20.8 Å². The van der Waals surface area contributed by atoms with Gasteiger partial charge >= 0.3 is 12.2 Å². The number of aromatic nitrogens is 2. The monoisotopic (exact) mass is 637 g/mol. The molecule has 0 unspecified atom stereocenters. The van der Waals surface area contributed by atoms with Gasteiger partial charge in [-0.15, -0.1) is 0 Å². The number of benzene rings is 1. The minimum absolute atomic E-state index is 0.0153. The highest BCUT2D eigenvalue weighted by molar-refractivity contribution is 9.10. The number of rotatable bonds is 3. The van der Waals surface area contributed by atoms with Crippen LogP contribution in [-0.4, -0.2) is 59.5 Å². The first-order valence-corrected chi connectivity index (χ1v) is 14.4. The number of carbonyl (C=O) groups excluding carboxylic acids is 2. The number of hydrogen-bond donors (Lipinski definition) is 2. The van der Waals surface area contributed by atoms with Crippen LogP contribution in [0.25, 0.3) is 21.9 Å². The molecule has 1 spiro atoms. The first kappa shape index (κ1) is 28.7. The number of carbonyl (C=O) groups is 2. The Kier molecular flexibility index (Phi) is 6.93. The van der Waals surface area contributed by atoms with E-state index in [0.29, 0.717) is 28.5 Å². The van der Waals surface area contributed by atoms with Crippen LogP contribution in [0.5, 0.6) is 0 Å². The molecular formula is C28H34BrClFN5O4. The van der Waals surface area contributed by atoms with Gasteiger partial charge in [0.1, 0.15) is 22.7 Å². The zero-order valence-electron chi connectivity index (χ0n) is 23.7. The minimum Gasteiger partial charge on any atom is -0.444 e. The van der Waals surface area contributed by atoms with E-state index < -0.39 is 29.2 Å². The number of nitrogens with one attached hydrogen (secondary N) is 2. The van der Waals surface area contributed by atoms with Crippen LogP contribution in [0.3, 0.4) is 0 Å². The van der Waals surface area contributed by atoms with Gasteiger partial charge in [-0.2, -0.15) is 0 Å². The minimum atomic E-state index is -0.722. The Morgan fingerprint density at radius 3 is 2.55 bits per heavy atom. The van der Waals surface area contributed by atoms with Crippen molar-refractivity contribution in [2.24, 2.45) is 5.41 Å². The SMILES string of the molecule is CN(C(=O)OC(C)(C)C)c1cc(F)c(Cl)c2c1[nH]c1ncc(Br)c(N3CC[C@]4(C[C@H]4NC(=O)OC(C)(C)C)C3)c12. The Bertz CT molecular complexity index is 1530. The summed E-state index contributed by atoms with van der Waals surface area (Å²) in [6.45, 7) is 12.2. The van der Waals surface area contributed by atoms with Crippen LogP contribution >= 0.6 is 27.5 Å². The summed E-state index contributed by atoms with van der Waals surface area (Å²) in [7, 11) is 1.53. The molecule has 2 atom stereocenters. The molecule has 1 aliphatic carbocycles. The molecule has 9 nitrogen and oxygen atoms in total. The molecule has 2 N–H and O–H groups in total. The van der Waals surface area contributed by atoms with Gasteiger partial charge in [0, 0.05) is 49.2 Å². The smallest absolute Gasteiger partial charge is 0.414 e. The Balaban J connectivity index is 1.52. The van der Waals surface area contributed by atoms with Crippen LogP contribution in [0.1, 0.15) is 54.4 Å². The maximum absolute atomic E-state index is 15.3. The number of aromatic amines is 1. The van der Waals surface area contributed by atoms with Gasteiger partial charge < -0.3 is 24.7 Å². The lowest BCUT2D eigenvalue weighted by molar-refractivity contribution is 0.0515. The second kappa shape index (κ2) is 9.65. The van der Waals surface area contributed by atoms with E-state index in [1.54, 1.807) is 27.0 Å². The Morgan fingerprint density at radius 2 is 1.90 bits per heavy atom. The van der Waals surface area contributed by atoms with E-state index in [2.05, 4.69) is 36.1 Å². The molecule has 5 rings (SSSR count). The highest BCUT2D eigenvalue weighted by Crippen LogP contribution is 2.55. The number of pyridine rings is 1. The fourth-order valence-corrected chi connectivity index (χ4v) is 6.24. The zero-order chi connectivity index (χ0) is 29.4. The third-order valence-electron chi connectivity index (χ3n) is 7.31. The molecule has 0 bridgehead atoms. The number of amides is 2. The van der Waals surface area contributed by atoms with Gasteiger partial charge in [0.2, 0.25) is 0 Å². The maximum atomic E-state index is 15.3. The van der Waals surface area contributed by atoms with Crippen molar-refractivity contribution in [2.45, 2.75) is 71.6 Å². The van der Waals surface area contributed by atoms with E-state index in [-0.39, 0.29) is 22.2 Å². The average molecular weight is 639 g/mol. The molecule has 2 amide bonds. The van der Waals surface area contributed by atoms with Gasteiger partial charge in [-0.25, -0.2) is 19.0 Å². The van der Waals surface area contributed by atoms with E-state index in [4.69, 9.17) is 21.1 Å². The predicted molar refractivity (Wildman–Crippen MR) is 158 cm³/mol. The highest BCUT2D eigenvalue weighted by atomic mass is 79.9. The van der Waals surface area contributed by atoms with Crippen LogP contribution in [0.15, 0.2) is 16.7 Å². The average Bonchev–Trinajstić information content (AvgIpc) is 3.13. The van der Waals surface area contributed by atoms with E-state index >= 15 is 4.39 Å². The van der Waals surface area contributed by atoms with Crippen LogP contribution in [-0.2, 0) is 9.47 Å². The fourth-order valence-electron chi connectivity index (χ4n) is 5.44. The molecule has 0 radical (unpaired) electrons. The lowest BCUT2D eigenvalue weighted by Crippen LogP contribution is -2.36. The highest BCUT2D eigenvalue weighted by Gasteiger charge is 2.58. The van der Waals surface area contributed by atoms with Crippen LogP contribution in [0.2, 0.25) is 5.02 Å². The molecule has 1 saturated carbocycles. The zero-order valence-corrected chi connectivity index (χ0v) is 26.0.